The predicted molar refractivity (Wildman–Crippen MR) is 178 cm³/mol. The molecule has 20 heteroatoms. The number of amides is 2. The first-order chi connectivity index (χ1) is 22.8. The first-order valence-corrected chi connectivity index (χ1v) is 15.0. The summed E-state index contributed by atoms with van der Waals surface area (Å²) >= 11 is 24.7. The standard InChI is InChI=1S/2C7H8ClNO2.C5H3BrO3.2C5H3ClO3/c1-9(2)7(10)6-3-5(8)4-11-6;1-9(2)7(10)5-3-4-6(8)11-5;2*6-3-1-4(5(7)8)9-2-3;6-4-2-1-3(9-4)5(7)8/h2*3-4H,1-2H3;3*1-2H,(H,7,8). The molecule has 49 heavy (non-hydrogen) atoms. The van der Waals surface area contributed by atoms with Crippen molar-refractivity contribution in [2.45, 2.75) is 0 Å². The van der Waals surface area contributed by atoms with Crippen LogP contribution in [-0.4, -0.2) is 83.0 Å². The van der Waals surface area contributed by atoms with Crippen molar-refractivity contribution in [1.29, 1.82) is 0 Å². The lowest BCUT2D eigenvalue weighted by Gasteiger charge is -2.06. The molecule has 0 aliphatic heterocycles. The number of rotatable bonds is 5. The van der Waals surface area contributed by atoms with Crippen LogP contribution in [0.3, 0.4) is 0 Å². The largest absolute Gasteiger partial charge is 0.475 e. The predicted octanol–water partition coefficient (Wildman–Crippen LogP) is 8.27. The number of hydrogen-bond donors (Lipinski definition) is 3. The second-order valence-corrected chi connectivity index (χ2v) is 11.4. The average molecular weight is 831 g/mol. The van der Waals surface area contributed by atoms with Crippen LogP contribution in [0, 0.1) is 0 Å². The molecule has 0 bridgehead atoms. The Balaban J connectivity index is 0.000000307. The maximum atomic E-state index is 11.1. The van der Waals surface area contributed by atoms with E-state index in [4.69, 9.17) is 70.6 Å². The lowest BCUT2D eigenvalue weighted by Crippen LogP contribution is -2.20. The minimum Gasteiger partial charge on any atom is -0.475 e. The summed E-state index contributed by atoms with van der Waals surface area (Å²) in [4.78, 5) is 55.3. The van der Waals surface area contributed by atoms with Gasteiger partial charge in [-0.05, 0) is 63.4 Å². The molecule has 0 fully saturated rings. The van der Waals surface area contributed by atoms with Gasteiger partial charge in [-0.25, -0.2) is 14.4 Å². The Hall–Kier alpha value is -4.61. The summed E-state index contributed by atoms with van der Waals surface area (Å²) < 4.78 is 24.0. The fraction of sp³-hybridized carbons (Fsp3) is 0.138. The summed E-state index contributed by atoms with van der Waals surface area (Å²) in [5.41, 5.74) is 0. The fourth-order valence-electron chi connectivity index (χ4n) is 2.57. The highest BCUT2D eigenvalue weighted by Gasteiger charge is 2.13. The molecule has 0 aliphatic carbocycles. The molecule has 3 N–H and O–H groups in total. The number of carbonyl (C=O) groups excluding carboxylic acids is 2. The minimum atomic E-state index is -1.11. The van der Waals surface area contributed by atoms with Gasteiger partial charge in [0.05, 0.1) is 14.5 Å². The van der Waals surface area contributed by atoms with Crippen molar-refractivity contribution in [2.75, 3.05) is 28.2 Å². The normalized spacial score (nSPS) is 9.57. The van der Waals surface area contributed by atoms with Crippen LogP contribution in [0.15, 0.2) is 87.8 Å². The van der Waals surface area contributed by atoms with Gasteiger partial charge in [-0.15, -0.1) is 0 Å². The Bertz CT molecular complexity index is 1660. The molecule has 15 nitrogen and oxygen atoms in total. The average Bonchev–Trinajstić information content (AvgIpc) is 3.86. The number of carbonyl (C=O) groups is 5. The first-order valence-electron chi connectivity index (χ1n) is 12.7. The Morgan fingerprint density at radius 2 is 0.918 bits per heavy atom. The third kappa shape index (κ3) is 15.9. The van der Waals surface area contributed by atoms with E-state index in [1.54, 1.807) is 34.3 Å². The van der Waals surface area contributed by atoms with Crippen LogP contribution in [0.5, 0.6) is 0 Å². The van der Waals surface area contributed by atoms with E-state index in [2.05, 4.69) is 29.2 Å². The van der Waals surface area contributed by atoms with Crippen LogP contribution < -0.4 is 0 Å². The van der Waals surface area contributed by atoms with E-state index in [9.17, 15) is 24.0 Å². The van der Waals surface area contributed by atoms with Gasteiger partial charge < -0.3 is 47.2 Å². The van der Waals surface area contributed by atoms with Gasteiger partial charge in [-0.3, -0.25) is 9.59 Å². The number of carboxylic acids is 3. The van der Waals surface area contributed by atoms with Gasteiger partial charge >= 0.3 is 17.9 Å². The number of aromatic carboxylic acids is 3. The van der Waals surface area contributed by atoms with Gasteiger partial charge in [0.25, 0.3) is 11.8 Å². The van der Waals surface area contributed by atoms with E-state index in [1.807, 2.05) is 0 Å². The fourth-order valence-corrected chi connectivity index (χ4v) is 3.46. The third-order valence-electron chi connectivity index (χ3n) is 4.72. The smallest absolute Gasteiger partial charge is 0.371 e. The quantitative estimate of drug-likeness (QED) is 0.152. The highest BCUT2D eigenvalue weighted by molar-refractivity contribution is 9.10. The molecule has 5 rings (SSSR count). The van der Waals surface area contributed by atoms with Gasteiger partial charge in [0.15, 0.2) is 22.0 Å². The summed E-state index contributed by atoms with van der Waals surface area (Å²) in [7, 11) is 6.61. The molecular formula is C29H25BrCl4N2O13. The maximum absolute atomic E-state index is 11.1. The SMILES string of the molecule is CN(C)C(=O)c1cc(Cl)co1.CN(C)C(=O)c1ccc(Cl)o1.O=C(O)c1cc(Br)co1.O=C(O)c1cc(Cl)co1.O=C(O)c1ccc(Cl)o1. The zero-order valence-corrected chi connectivity index (χ0v) is 30.1. The Kier molecular flexibility index (Phi) is 17.9. The summed E-state index contributed by atoms with van der Waals surface area (Å²) in [5.74, 6) is -3.44. The molecule has 264 valence electrons. The second-order valence-electron chi connectivity index (χ2n) is 8.91. The van der Waals surface area contributed by atoms with Crippen molar-refractivity contribution >= 4 is 92.1 Å². The second kappa shape index (κ2) is 20.7. The number of furan rings is 5. The molecule has 2 amide bonds. The summed E-state index contributed by atoms with van der Waals surface area (Å²) in [6.45, 7) is 0. The lowest BCUT2D eigenvalue weighted by atomic mass is 10.4. The Morgan fingerprint density at radius 1 is 0.551 bits per heavy atom. The molecule has 5 aromatic rings. The molecule has 0 radical (unpaired) electrons. The summed E-state index contributed by atoms with van der Waals surface area (Å²) in [5, 5.41) is 25.8. The Morgan fingerprint density at radius 3 is 1.16 bits per heavy atom. The van der Waals surface area contributed by atoms with Crippen molar-refractivity contribution in [3.63, 3.8) is 0 Å². The topological polar surface area (TPSA) is 218 Å². The molecule has 5 aromatic heterocycles. The van der Waals surface area contributed by atoms with Gasteiger partial charge in [0.2, 0.25) is 17.3 Å². The van der Waals surface area contributed by atoms with Crippen LogP contribution in [0.2, 0.25) is 20.5 Å². The van der Waals surface area contributed by atoms with E-state index >= 15 is 0 Å². The van der Waals surface area contributed by atoms with Crippen molar-refractivity contribution in [3.05, 3.63) is 115 Å². The van der Waals surface area contributed by atoms with E-state index in [0.717, 1.165) is 0 Å². The number of nitrogens with zero attached hydrogens (tertiary/aromatic N) is 2. The Labute approximate surface area is 305 Å². The van der Waals surface area contributed by atoms with Gasteiger partial charge in [0, 0.05) is 46.4 Å². The number of halogens is 5. The molecule has 0 spiro atoms. The number of hydrogen-bond acceptors (Lipinski definition) is 10. The molecular weight excluding hydrogens is 806 g/mol. The molecule has 0 aliphatic rings. The highest BCUT2D eigenvalue weighted by atomic mass is 79.9. The van der Waals surface area contributed by atoms with Crippen LogP contribution in [0.25, 0.3) is 0 Å². The van der Waals surface area contributed by atoms with Gasteiger partial charge in [-0.1, -0.05) is 23.2 Å². The zero-order chi connectivity index (χ0) is 37.4. The van der Waals surface area contributed by atoms with Gasteiger partial charge in [-0.2, -0.15) is 0 Å². The summed E-state index contributed by atoms with van der Waals surface area (Å²) in [6, 6.07) is 9.88. The molecule has 0 saturated heterocycles. The molecule has 0 unspecified atom stereocenters. The van der Waals surface area contributed by atoms with Crippen molar-refractivity contribution in [2.24, 2.45) is 0 Å². The van der Waals surface area contributed by atoms with E-state index in [0.29, 0.717) is 14.5 Å². The van der Waals surface area contributed by atoms with E-state index < -0.39 is 17.9 Å². The van der Waals surface area contributed by atoms with E-state index in [-0.39, 0.29) is 51.1 Å². The lowest BCUT2D eigenvalue weighted by molar-refractivity contribution is 0.0652. The van der Waals surface area contributed by atoms with Crippen LogP contribution in [0.1, 0.15) is 52.8 Å². The van der Waals surface area contributed by atoms with E-state index in [1.165, 1.54) is 65.0 Å². The van der Waals surface area contributed by atoms with Crippen molar-refractivity contribution in [1.82, 2.24) is 9.80 Å². The van der Waals surface area contributed by atoms with Gasteiger partial charge in [0.1, 0.15) is 18.8 Å². The summed E-state index contributed by atoms with van der Waals surface area (Å²) in [6.07, 6.45) is 3.83. The molecule has 0 atom stereocenters. The minimum absolute atomic E-state index is 0.0538. The number of carboxylic acid groups (broad SMARTS) is 3. The van der Waals surface area contributed by atoms with Crippen LogP contribution in [-0.2, 0) is 0 Å². The molecule has 0 saturated carbocycles. The first kappa shape index (κ1) is 42.4. The molecule has 0 aromatic carbocycles. The third-order valence-corrected chi connectivity index (χ3v) is 5.93. The molecule has 5 heterocycles. The maximum Gasteiger partial charge on any atom is 0.371 e. The zero-order valence-electron chi connectivity index (χ0n) is 25.5. The van der Waals surface area contributed by atoms with Crippen molar-refractivity contribution in [3.8, 4) is 0 Å². The highest BCUT2D eigenvalue weighted by Crippen LogP contribution is 2.16. The van der Waals surface area contributed by atoms with Crippen molar-refractivity contribution < 1.29 is 61.4 Å². The van der Waals surface area contributed by atoms with Crippen LogP contribution in [0.4, 0.5) is 0 Å². The monoisotopic (exact) mass is 828 g/mol. The van der Waals surface area contributed by atoms with Crippen LogP contribution >= 0.6 is 62.3 Å².